The lowest BCUT2D eigenvalue weighted by Gasteiger charge is -2.20. The van der Waals surface area contributed by atoms with E-state index in [0.717, 1.165) is 6.42 Å². The largest absolute Gasteiger partial charge is 0.390 e. The first kappa shape index (κ1) is 6.54. The van der Waals surface area contributed by atoms with Gasteiger partial charge in [0.1, 0.15) is 0 Å². The van der Waals surface area contributed by atoms with Crippen LogP contribution in [-0.2, 0) is 9.47 Å². The molecular formula is C6H11NO3. The molecule has 2 saturated heterocycles. The predicted molar refractivity (Wildman–Crippen MR) is 32.9 cm³/mol. The minimum absolute atomic E-state index is 0.0208. The zero-order valence-corrected chi connectivity index (χ0v) is 5.62. The van der Waals surface area contributed by atoms with Crippen molar-refractivity contribution in [2.75, 3.05) is 13.2 Å². The van der Waals surface area contributed by atoms with Gasteiger partial charge in [-0.05, 0) is 6.42 Å². The van der Waals surface area contributed by atoms with Gasteiger partial charge in [-0.3, -0.25) is 5.73 Å². The van der Waals surface area contributed by atoms with Crippen LogP contribution in [0.15, 0.2) is 0 Å². The minimum atomic E-state index is -0.973. The molecule has 4 heteroatoms. The maximum atomic E-state index is 9.28. The van der Waals surface area contributed by atoms with Crippen LogP contribution in [0.2, 0.25) is 0 Å². The van der Waals surface area contributed by atoms with Crippen molar-refractivity contribution in [1.29, 1.82) is 0 Å². The standard InChI is InChI=1S/C6H11NO3/c7-6-4(1-2-9-6)5(8)3-10-6/h4-5,8H,1-3,7H2/t4-,5-,6-/m0/s1. The van der Waals surface area contributed by atoms with E-state index >= 15 is 0 Å². The molecule has 0 bridgehead atoms. The number of aliphatic hydroxyl groups excluding tert-OH is 1. The molecule has 2 fully saturated rings. The van der Waals surface area contributed by atoms with Gasteiger partial charge in [-0.1, -0.05) is 0 Å². The van der Waals surface area contributed by atoms with E-state index in [-0.39, 0.29) is 5.92 Å². The fraction of sp³-hybridized carbons (Fsp3) is 1.00. The van der Waals surface area contributed by atoms with Gasteiger partial charge in [0, 0.05) is 0 Å². The molecule has 2 heterocycles. The molecule has 4 nitrogen and oxygen atoms in total. The summed E-state index contributed by atoms with van der Waals surface area (Å²) >= 11 is 0. The van der Waals surface area contributed by atoms with Crippen molar-refractivity contribution in [3.05, 3.63) is 0 Å². The SMILES string of the molecule is N[C@]12OCC[C@H]1[C@@H](O)CO2. The number of hydrogen-bond donors (Lipinski definition) is 2. The number of nitrogens with two attached hydrogens (primary N) is 1. The maximum absolute atomic E-state index is 9.28. The van der Waals surface area contributed by atoms with Gasteiger partial charge in [-0.2, -0.15) is 0 Å². The van der Waals surface area contributed by atoms with Crippen LogP contribution in [0, 0.1) is 5.92 Å². The van der Waals surface area contributed by atoms with Gasteiger partial charge in [0.2, 0.25) is 5.91 Å². The Morgan fingerprint density at radius 2 is 2.30 bits per heavy atom. The fourth-order valence-corrected chi connectivity index (χ4v) is 1.59. The van der Waals surface area contributed by atoms with E-state index in [4.69, 9.17) is 15.2 Å². The number of ether oxygens (including phenoxy) is 2. The van der Waals surface area contributed by atoms with Gasteiger partial charge in [-0.15, -0.1) is 0 Å². The second kappa shape index (κ2) is 1.92. The molecule has 0 aliphatic carbocycles. The summed E-state index contributed by atoms with van der Waals surface area (Å²) in [5.74, 6) is -0.994. The van der Waals surface area contributed by atoms with Gasteiger partial charge < -0.3 is 14.6 Å². The monoisotopic (exact) mass is 145 g/mol. The van der Waals surface area contributed by atoms with Crippen molar-refractivity contribution in [1.82, 2.24) is 0 Å². The number of hydrogen-bond acceptors (Lipinski definition) is 4. The molecule has 0 unspecified atom stereocenters. The summed E-state index contributed by atoms with van der Waals surface area (Å²) in [5.41, 5.74) is 5.65. The smallest absolute Gasteiger partial charge is 0.230 e. The molecule has 3 N–H and O–H groups in total. The van der Waals surface area contributed by atoms with Crippen molar-refractivity contribution >= 4 is 0 Å². The topological polar surface area (TPSA) is 64.7 Å². The van der Waals surface area contributed by atoms with Gasteiger partial charge >= 0.3 is 0 Å². The summed E-state index contributed by atoms with van der Waals surface area (Å²) in [7, 11) is 0. The second-order valence-corrected chi connectivity index (χ2v) is 2.84. The van der Waals surface area contributed by atoms with Crippen molar-refractivity contribution in [3.8, 4) is 0 Å². The lowest BCUT2D eigenvalue weighted by Crippen LogP contribution is -2.44. The first-order chi connectivity index (χ1) is 4.72. The highest BCUT2D eigenvalue weighted by Gasteiger charge is 2.51. The molecule has 58 valence electrons. The van der Waals surface area contributed by atoms with E-state index in [1.165, 1.54) is 0 Å². The first-order valence-corrected chi connectivity index (χ1v) is 3.47. The van der Waals surface area contributed by atoms with Crippen LogP contribution in [0.3, 0.4) is 0 Å². The van der Waals surface area contributed by atoms with Crippen molar-refractivity contribution in [2.45, 2.75) is 18.4 Å². The number of aliphatic hydroxyl groups is 1. The Morgan fingerprint density at radius 3 is 3.00 bits per heavy atom. The van der Waals surface area contributed by atoms with Crippen LogP contribution in [0.4, 0.5) is 0 Å². The molecule has 0 radical (unpaired) electrons. The average Bonchev–Trinajstić information content (AvgIpc) is 2.35. The van der Waals surface area contributed by atoms with Crippen molar-refractivity contribution in [3.63, 3.8) is 0 Å². The highest BCUT2D eigenvalue weighted by molar-refractivity contribution is 4.90. The number of fused-ring (bicyclic) bond motifs is 1. The maximum Gasteiger partial charge on any atom is 0.230 e. The molecule has 0 spiro atoms. The molecule has 3 atom stereocenters. The Morgan fingerprint density at radius 1 is 1.50 bits per heavy atom. The van der Waals surface area contributed by atoms with Crippen LogP contribution < -0.4 is 5.73 Å². The Bertz CT molecular complexity index is 152. The summed E-state index contributed by atoms with van der Waals surface area (Å²) < 4.78 is 10.2. The van der Waals surface area contributed by atoms with Crippen LogP contribution in [0.25, 0.3) is 0 Å². The lowest BCUT2D eigenvalue weighted by atomic mass is 10.0. The summed E-state index contributed by atoms with van der Waals surface area (Å²) in [5, 5.41) is 9.28. The average molecular weight is 145 g/mol. The summed E-state index contributed by atoms with van der Waals surface area (Å²) in [6.07, 6.45) is 0.366. The Labute approximate surface area is 58.9 Å². The molecule has 0 aromatic rings. The molecule has 0 amide bonds. The zero-order chi connectivity index (χ0) is 7.19. The molecule has 2 aliphatic rings. The van der Waals surface area contributed by atoms with E-state index < -0.39 is 12.0 Å². The molecule has 2 aliphatic heterocycles. The molecular weight excluding hydrogens is 134 g/mol. The fourth-order valence-electron chi connectivity index (χ4n) is 1.59. The quantitative estimate of drug-likeness (QED) is 0.460. The minimum Gasteiger partial charge on any atom is -0.390 e. The Balaban J connectivity index is 2.19. The first-order valence-electron chi connectivity index (χ1n) is 3.47. The van der Waals surface area contributed by atoms with Crippen molar-refractivity contribution in [2.24, 2.45) is 11.7 Å². The van der Waals surface area contributed by atoms with Crippen LogP contribution in [0.5, 0.6) is 0 Å². The van der Waals surface area contributed by atoms with E-state index in [0.29, 0.717) is 13.2 Å². The van der Waals surface area contributed by atoms with E-state index in [1.807, 2.05) is 0 Å². The van der Waals surface area contributed by atoms with Gasteiger partial charge in [0.15, 0.2) is 0 Å². The van der Waals surface area contributed by atoms with Crippen molar-refractivity contribution < 1.29 is 14.6 Å². The summed E-state index contributed by atoms with van der Waals surface area (Å²) in [4.78, 5) is 0. The third kappa shape index (κ3) is 0.703. The molecule has 10 heavy (non-hydrogen) atoms. The third-order valence-electron chi connectivity index (χ3n) is 2.22. The predicted octanol–water partition coefficient (Wildman–Crippen LogP) is -0.974. The van der Waals surface area contributed by atoms with Crippen LogP contribution in [0.1, 0.15) is 6.42 Å². The third-order valence-corrected chi connectivity index (χ3v) is 2.22. The highest BCUT2D eigenvalue weighted by atomic mass is 16.7. The lowest BCUT2D eigenvalue weighted by molar-refractivity contribution is -0.191. The molecule has 0 aromatic carbocycles. The number of rotatable bonds is 0. The Hall–Kier alpha value is -0.160. The van der Waals surface area contributed by atoms with E-state index in [2.05, 4.69) is 0 Å². The van der Waals surface area contributed by atoms with E-state index in [1.54, 1.807) is 0 Å². The van der Waals surface area contributed by atoms with Crippen LogP contribution >= 0.6 is 0 Å². The van der Waals surface area contributed by atoms with Crippen LogP contribution in [-0.4, -0.2) is 30.3 Å². The van der Waals surface area contributed by atoms with Gasteiger partial charge in [0.25, 0.3) is 0 Å². The summed E-state index contributed by atoms with van der Waals surface area (Å²) in [6, 6.07) is 0. The Kier molecular flexibility index (Phi) is 1.25. The molecule has 0 aromatic heterocycles. The molecule has 2 rings (SSSR count). The van der Waals surface area contributed by atoms with Gasteiger partial charge in [-0.25, -0.2) is 0 Å². The molecule has 0 saturated carbocycles. The van der Waals surface area contributed by atoms with Gasteiger partial charge in [0.05, 0.1) is 25.2 Å². The van der Waals surface area contributed by atoms with E-state index in [9.17, 15) is 5.11 Å². The highest BCUT2D eigenvalue weighted by Crippen LogP contribution is 2.36. The normalized spacial score (nSPS) is 53.4. The summed E-state index contributed by atoms with van der Waals surface area (Å²) in [6.45, 7) is 0.902. The second-order valence-electron chi connectivity index (χ2n) is 2.84. The zero-order valence-electron chi connectivity index (χ0n) is 5.62.